The summed E-state index contributed by atoms with van der Waals surface area (Å²) in [6.45, 7) is 9.10. The third kappa shape index (κ3) is 8.90. The first-order valence-corrected chi connectivity index (χ1v) is 9.71. The summed E-state index contributed by atoms with van der Waals surface area (Å²) in [5, 5.41) is 4.37. The summed E-state index contributed by atoms with van der Waals surface area (Å²) in [5.41, 5.74) is 1.85. The van der Waals surface area contributed by atoms with Crippen LogP contribution in [0.2, 0.25) is 5.02 Å². The molecule has 0 aromatic heterocycles. The summed E-state index contributed by atoms with van der Waals surface area (Å²) in [6, 6.07) is 3.57. The Morgan fingerprint density at radius 1 is 1.23 bits per heavy atom. The highest BCUT2D eigenvalue weighted by atomic mass is 79.9. The van der Waals surface area contributed by atoms with Gasteiger partial charge < -0.3 is 14.3 Å². The number of hydrogen-bond acceptors (Lipinski definition) is 4. The van der Waals surface area contributed by atoms with Crippen molar-refractivity contribution >= 4 is 33.2 Å². The summed E-state index contributed by atoms with van der Waals surface area (Å²) in [7, 11) is 0. The van der Waals surface area contributed by atoms with Crippen LogP contribution in [0.25, 0.3) is 0 Å². The standard InChI is InChI=1S/C19H26BrClFNO3/c1-13(2)16-11-15(24-10-7-18(20)22)12-17(21)19(16)25-8-5-6-9-26-23-14(3)4/h7,11-13H,5-6,8-10H2,1-4H3/b18-7-. The summed E-state index contributed by atoms with van der Waals surface area (Å²) in [4.78, 5) is 5.16. The van der Waals surface area contributed by atoms with Crippen LogP contribution >= 0.6 is 27.5 Å². The largest absolute Gasteiger partial charge is 0.492 e. The first-order chi connectivity index (χ1) is 12.3. The van der Waals surface area contributed by atoms with Gasteiger partial charge >= 0.3 is 0 Å². The highest BCUT2D eigenvalue weighted by Gasteiger charge is 2.15. The highest BCUT2D eigenvalue weighted by Crippen LogP contribution is 2.37. The Bertz CT molecular complexity index is 627. The Morgan fingerprint density at radius 3 is 2.54 bits per heavy atom. The van der Waals surface area contributed by atoms with Gasteiger partial charge in [0.05, 0.1) is 17.3 Å². The maximum Gasteiger partial charge on any atom is 0.165 e. The van der Waals surface area contributed by atoms with Crippen LogP contribution in [0.5, 0.6) is 11.5 Å². The quantitative estimate of drug-likeness (QED) is 0.216. The average Bonchev–Trinajstić information content (AvgIpc) is 2.54. The number of benzene rings is 1. The van der Waals surface area contributed by atoms with E-state index in [0.29, 0.717) is 29.7 Å². The van der Waals surface area contributed by atoms with E-state index in [4.69, 9.17) is 25.9 Å². The van der Waals surface area contributed by atoms with Crippen molar-refractivity contribution in [2.45, 2.75) is 46.5 Å². The molecule has 0 radical (unpaired) electrons. The van der Waals surface area contributed by atoms with Gasteiger partial charge in [0, 0.05) is 11.6 Å². The van der Waals surface area contributed by atoms with E-state index in [2.05, 4.69) is 34.9 Å². The first-order valence-electron chi connectivity index (χ1n) is 8.54. The van der Waals surface area contributed by atoms with Crippen LogP contribution < -0.4 is 9.47 Å². The van der Waals surface area contributed by atoms with Gasteiger partial charge in [0.2, 0.25) is 0 Å². The molecule has 146 valence electrons. The molecule has 4 nitrogen and oxygen atoms in total. The second kappa shape index (κ2) is 12.2. The lowest BCUT2D eigenvalue weighted by Crippen LogP contribution is -2.04. The number of oxime groups is 1. The molecule has 0 atom stereocenters. The van der Waals surface area contributed by atoms with Crippen molar-refractivity contribution in [3.05, 3.63) is 33.5 Å². The lowest BCUT2D eigenvalue weighted by atomic mass is 10.0. The van der Waals surface area contributed by atoms with E-state index in [1.807, 2.05) is 19.9 Å². The topological polar surface area (TPSA) is 40.0 Å². The molecular weight excluding hydrogens is 425 g/mol. The SMILES string of the molecule is CC(C)=NOCCCCOc1c(Cl)cc(OC/C=C(\F)Br)cc1C(C)C. The zero-order valence-electron chi connectivity index (χ0n) is 15.7. The van der Waals surface area contributed by atoms with E-state index < -0.39 is 4.74 Å². The van der Waals surface area contributed by atoms with E-state index in [1.165, 1.54) is 6.08 Å². The monoisotopic (exact) mass is 449 g/mol. The average molecular weight is 451 g/mol. The third-order valence-corrected chi connectivity index (χ3v) is 3.88. The molecule has 0 aliphatic heterocycles. The summed E-state index contributed by atoms with van der Waals surface area (Å²) in [5.74, 6) is 1.46. The van der Waals surface area contributed by atoms with Gasteiger partial charge in [-0.05, 0) is 60.7 Å². The molecule has 0 N–H and O–H groups in total. The molecule has 0 amide bonds. The molecule has 0 spiro atoms. The third-order valence-electron chi connectivity index (χ3n) is 3.28. The molecule has 0 saturated carbocycles. The van der Waals surface area contributed by atoms with Crippen LogP contribution in [0.4, 0.5) is 4.39 Å². The lowest BCUT2D eigenvalue weighted by molar-refractivity contribution is 0.135. The highest BCUT2D eigenvalue weighted by molar-refractivity contribution is 9.11. The fourth-order valence-electron chi connectivity index (χ4n) is 2.07. The van der Waals surface area contributed by atoms with Crippen molar-refractivity contribution in [3.8, 4) is 11.5 Å². The minimum Gasteiger partial charge on any atom is -0.492 e. The number of hydrogen-bond donors (Lipinski definition) is 0. The van der Waals surface area contributed by atoms with Crippen LogP contribution in [-0.2, 0) is 4.84 Å². The summed E-state index contributed by atoms with van der Waals surface area (Å²) < 4.78 is 23.6. The molecule has 0 aliphatic rings. The van der Waals surface area contributed by atoms with Crippen LogP contribution in [0.3, 0.4) is 0 Å². The molecule has 0 heterocycles. The van der Waals surface area contributed by atoms with Crippen molar-refractivity contribution < 1.29 is 18.7 Å². The molecule has 1 rings (SSSR count). The first kappa shape index (κ1) is 22.8. The summed E-state index contributed by atoms with van der Waals surface area (Å²) in [6.07, 6.45) is 2.97. The molecule has 0 fully saturated rings. The molecule has 1 aromatic carbocycles. The Balaban J connectivity index is 2.63. The van der Waals surface area contributed by atoms with Crippen LogP contribution in [-0.4, -0.2) is 25.5 Å². The fraction of sp³-hybridized carbons (Fsp3) is 0.526. The number of halogens is 3. The van der Waals surface area contributed by atoms with Crippen LogP contribution in [0.1, 0.15) is 52.0 Å². The van der Waals surface area contributed by atoms with Crippen molar-refractivity contribution in [3.63, 3.8) is 0 Å². The smallest absolute Gasteiger partial charge is 0.165 e. The number of ether oxygens (including phenoxy) is 2. The molecule has 0 unspecified atom stereocenters. The van der Waals surface area contributed by atoms with Gasteiger partial charge in [-0.2, -0.15) is 4.39 Å². The molecule has 26 heavy (non-hydrogen) atoms. The Hall–Kier alpha value is -1.27. The Kier molecular flexibility index (Phi) is 10.7. The van der Waals surface area contributed by atoms with Crippen molar-refractivity contribution in [2.24, 2.45) is 5.16 Å². The van der Waals surface area contributed by atoms with E-state index in [9.17, 15) is 4.39 Å². The molecule has 1 aromatic rings. The van der Waals surface area contributed by atoms with Crippen molar-refractivity contribution in [2.75, 3.05) is 19.8 Å². The van der Waals surface area contributed by atoms with E-state index in [-0.39, 0.29) is 12.5 Å². The van der Waals surface area contributed by atoms with Gasteiger partial charge in [-0.25, -0.2) is 0 Å². The van der Waals surface area contributed by atoms with Crippen molar-refractivity contribution in [1.82, 2.24) is 0 Å². The van der Waals surface area contributed by atoms with Gasteiger partial charge in [-0.15, -0.1) is 0 Å². The maximum absolute atomic E-state index is 12.7. The zero-order chi connectivity index (χ0) is 19.5. The molecule has 0 aliphatic carbocycles. The summed E-state index contributed by atoms with van der Waals surface area (Å²) >= 11 is 9.09. The lowest BCUT2D eigenvalue weighted by Gasteiger charge is -2.17. The fourth-order valence-corrected chi connectivity index (χ4v) is 2.48. The Morgan fingerprint density at radius 2 is 1.92 bits per heavy atom. The molecule has 0 bridgehead atoms. The van der Waals surface area contributed by atoms with Crippen LogP contribution in [0.15, 0.2) is 28.1 Å². The zero-order valence-corrected chi connectivity index (χ0v) is 18.0. The predicted molar refractivity (Wildman–Crippen MR) is 109 cm³/mol. The number of unbranched alkanes of at least 4 members (excludes halogenated alkanes) is 1. The molecule has 0 saturated heterocycles. The van der Waals surface area contributed by atoms with Crippen molar-refractivity contribution in [1.29, 1.82) is 0 Å². The van der Waals surface area contributed by atoms with E-state index in [1.54, 1.807) is 6.07 Å². The van der Waals surface area contributed by atoms with Crippen LogP contribution in [0, 0.1) is 0 Å². The molecule has 7 heteroatoms. The predicted octanol–water partition coefficient (Wildman–Crippen LogP) is 6.62. The normalized spacial score (nSPS) is 11.5. The van der Waals surface area contributed by atoms with Gasteiger partial charge in [0.15, 0.2) is 4.74 Å². The van der Waals surface area contributed by atoms with E-state index >= 15 is 0 Å². The minimum absolute atomic E-state index is 0.116. The number of rotatable bonds is 11. The maximum atomic E-state index is 12.7. The minimum atomic E-state index is -0.462. The van der Waals surface area contributed by atoms with Gasteiger partial charge in [-0.1, -0.05) is 30.6 Å². The Labute approximate surface area is 168 Å². The van der Waals surface area contributed by atoms with Gasteiger partial charge in [0.25, 0.3) is 0 Å². The van der Waals surface area contributed by atoms with E-state index in [0.717, 1.165) is 24.1 Å². The van der Waals surface area contributed by atoms with Gasteiger partial charge in [0.1, 0.15) is 24.7 Å². The molecular formula is C19H26BrClFNO3. The second-order valence-electron chi connectivity index (χ2n) is 6.21. The number of nitrogens with zero attached hydrogens (tertiary/aromatic N) is 1. The second-order valence-corrected chi connectivity index (χ2v) is 7.37. The van der Waals surface area contributed by atoms with Gasteiger partial charge in [-0.3, -0.25) is 0 Å².